The molecule has 0 atom stereocenters. The highest BCUT2D eigenvalue weighted by Crippen LogP contribution is 2.23. The summed E-state index contributed by atoms with van der Waals surface area (Å²) in [6.07, 6.45) is 0. The maximum atomic E-state index is 10.4. The Kier molecular flexibility index (Phi) is 3.02. The number of carbonyl (C=O) groups is 1. The lowest BCUT2D eigenvalue weighted by molar-refractivity contribution is -0.140. The summed E-state index contributed by atoms with van der Waals surface area (Å²) in [5, 5.41) is 14.6. The molecule has 1 N–H and O–H groups in total. The molecule has 13 heavy (non-hydrogen) atoms. The summed E-state index contributed by atoms with van der Waals surface area (Å²) >= 11 is 1.34. The average Bonchev–Trinajstić information content (AvgIpc) is 2.47. The van der Waals surface area contributed by atoms with Crippen LogP contribution < -0.4 is 0 Å². The molecule has 4 nitrogen and oxygen atoms in total. The van der Waals surface area contributed by atoms with Crippen LogP contribution in [-0.2, 0) is 9.63 Å². The van der Waals surface area contributed by atoms with Gasteiger partial charge in [-0.15, -0.1) is 11.3 Å². The van der Waals surface area contributed by atoms with Crippen molar-refractivity contribution in [3.63, 3.8) is 0 Å². The van der Waals surface area contributed by atoms with E-state index in [9.17, 15) is 9.90 Å². The Labute approximate surface area is 79.5 Å². The van der Waals surface area contributed by atoms with Crippen molar-refractivity contribution in [3.05, 3.63) is 16.3 Å². The maximum absolute atomic E-state index is 10.4. The van der Waals surface area contributed by atoms with E-state index >= 15 is 0 Å². The minimum absolute atomic E-state index is 0.151. The molecular formula is C8H9NO3S. The number of hydrogen-bond donors (Lipinski definition) is 1. The van der Waals surface area contributed by atoms with E-state index in [4.69, 9.17) is 0 Å². The van der Waals surface area contributed by atoms with Gasteiger partial charge in [-0.3, -0.25) is 0 Å². The second-order valence-electron chi connectivity index (χ2n) is 2.39. The van der Waals surface area contributed by atoms with Crippen LogP contribution in [0.5, 0.6) is 5.75 Å². The summed E-state index contributed by atoms with van der Waals surface area (Å²) in [4.78, 5) is 15.5. The molecule has 1 aromatic heterocycles. The SMILES string of the molecule is CC(=O)O/N=C(\C)c1sccc1O. The lowest BCUT2D eigenvalue weighted by Gasteiger charge is -1.96. The molecule has 0 bridgehead atoms. The molecule has 1 aromatic rings. The standard InChI is InChI=1S/C8H9NO3S/c1-5(9-12-6(2)10)8-7(11)3-4-13-8/h3-4,11H,1-2H3/b9-5+. The van der Waals surface area contributed by atoms with Gasteiger partial charge in [0, 0.05) is 6.92 Å². The van der Waals surface area contributed by atoms with Gasteiger partial charge in [0.25, 0.3) is 0 Å². The topological polar surface area (TPSA) is 58.9 Å². The van der Waals surface area contributed by atoms with Crippen LogP contribution in [-0.4, -0.2) is 16.8 Å². The van der Waals surface area contributed by atoms with E-state index in [1.807, 2.05) is 0 Å². The normalized spacial score (nSPS) is 11.4. The van der Waals surface area contributed by atoms with Crippen molar-refractivity contribution >= 4 is 23.0 Å². The molecule has 0 aromatic carbocycles. The number of hydrogen-bond acceptors (Lipinski definition) is 5. The molecule has 1 rings (SSSR count). The molecular weight excluding hydrogens is 190 g/mol. The molecule has 0 fully saturated rings. The zero-order chi connectivity index (χ0) is 9.84. The minimum atomic E-state index is -0.476. The van der Waals surface area contributed by atoms with Gasteiger partial charge in [0.2, 0.25) is 0 Å². The first kappa shape index (κ1) is 9.73. The average molecular weight is 199 g/mol. The van der Waals surface area contributed by atoms with Crippen molar-refractivity contribution in [2.75, 3.05) is 0 Å². The highest BCUT2D eigenvalue weighted by molar-refractivity contribution is 7.12. The number of thiophene rings is 1. The van der Waals surface area contributed by atoms with Gasteiger partial charge in [-0.1, -0.05) is 5.16 Å². The van der Waals surface area contributed by atoms with Crippen molar-refractivity contribution in [1.82, 2.24) is 0 Å². The highest BCUT2D eigenvalue weighted by Gasteiger charge is 2.06. The number of rotatable bonds is 2. The van der Waals surface area contributed by atoms with Gasteiger partial charge in [-0.25, -0.2) is 4.79 Å². The molecule has 5 heteroatoms. The zero-order valence-corrected chi connectivity index (χ0v) is 8.09. The van der Waals surface area contributed by atoms with Crippen LogP contribution in [0, 0.1) is 0 Å². The van der Waals surface area contributed by atoms with Gasteiger partial charge in [0.1, 0.15) is 5.75 Å². The Morgan fingerprint density at radius 1 is 1.62 bits per heavy atom. The Morgan fingerprint density at radius 2 is 2.31 bits per heavy atom. The Balaban J connectivity index is 2.78. The number of nitrogens with zero attached hydrogens (tertiary/aromatic N) is 1. The third kappa shape index (κ3) is 2.55. The Hall–Kier alpha value is -1.36. The Bertz CT molecular complexity index is 343. The predicted octanol–water partition coefficient (Wildman–Crippen LogP) is 1.74. The summed E-state index contributed by atoms with van der Waals surface area (Å²) in [5.41, 5.74) is 0.489. The van der Waals surface area contributed by atoms with E-state index in [2.05, 4.69) is 9.99 Å². The molecule has 0 spiro atoms. The van der Waals surface area contributed by atoms with E-state index in [-0.39, 0.29) is 5.75 Å². The van der Waals surface area contributed by atoms with E-state index in [1.54, 1.807) is 18.4 Å². The quantitative estimate of drug-likeness (QED) is 0.448. The Morgan fingerprint density at radius 3 is 2.77 bits per heavy atom. The van der Waals surface area contributed by atoms with Crippen LogP contribution >= 0.6 is 11.3 Å². The van der Waals surface area contributed by atoms with Crippen LogP contribution in [0.25, 0.3) is 0 Å². The van der Waals surface area contributed by atoms with Crippen LogP contribution in [0.1, 0.15) is 18.7 Å². The number of oxime groups is 1. The fourth-order valence-electron chi connectivity index (χ4n) is 0.747. The zero-order valence-electron chi connectivity index (χ0n) is 7.27. The van der Waals surface area contributed by atoms with Gasteiger partial charge in [0.05, 0.1) is 10.6 Å². The molecule has 0 aliphatic rings. The fourth-order valence-corrected chi connectivity index (χ4v) is 1.48. The highest BCUT2D eigenvalue weighted by atomic mass is 32.1. The third-order valence-corrected chi connectivity index (χ3v) is 2.30. The van der Waals surface area contributed by atoms with E-state index in [0.717, 1.165) is 0 Å². The molecule has 0 aliphatic carbocycles. The first-order chi connectivity index (χ1) is 6.11. The maximum Gasteiger partial charge on any atom is 0.331 e. The number of carbonyl (C=O) groups excluding carboxylic acids is 1. The number of aromatic hydroxyl groups is 1. The molecule has 0 saturated carbocycles. The molecule has 0 amide bonds. The predicted molar refractivity (Wildman–Crippen MR) is 50.0 cm³/mol. The van der Waals surface area contributed by atoms with E-state index in [1.165, 1.54) is 18.3 Å². The molecule has 1 heterocycles. The fraction of sp³-hybridized carbons (Fsp3) is 0.250. The van der Waals surface area contributed by atoms with E-state index < -0.39 is 5.97 Å². The molecule has 0 aliphatic heterocycles. The summed E-state index contributed by atoms with van der Waals surface area (Å²) in [6, 6.07) is 1.56. The van der Waals surface area contributed by atoms with Gasteiger partial charge < -0.3 is 9.94 Å². The summed E-state index contributed by atoms with van der Waals surface area (Å²) < 4.78 is 0. The largest absolute Gasteiger partial charge is 0.506 e. The van der Waals surface area contributed by atoms with Crippen molar-refractivity contribution in [2.24, 2.45) is 5.16 Å². The second kappa shape index (κ2) is 4.04. The molecule has 70 valence electrons. The van der Waals surface area contributed by atoms with Crippen molar-refractivity contribution in [3.8, 4) is 5.75 Å². The molecule has 0 unspecified atom stereocenters. The molecule has 0 radical (unpaired) electrons. The summed E-state index contributed by atoms with van der Waals surface area (Å²) in [7, 11) is 0. The van der Waals surface area contributed by atoms with Crippen LogP contribution in [0.2, 0.25) is 0 Å². The van der Waals surface area contributed by atoms with E-state index in [0.29, 0.717) is 10.6 Å². The van der Waals surface area contributed by atoms with Gasteiger partial charge in [-0.2, -0.15) is 0 Å². The van der Waals surface area contributed by atoms with Crippen LogP contribution in [0.15, 0.2) is 16.6 Å². The lowest BCUT2D eigenvalue weighted by atomic mass is 10.3. The van der Waals surface area contributed by atoms with Crippen molar-refractivity contribution < 1.29 is 14.7 Å². The minimum Gasteiger partial charge on any atom is -0.506 e. The van der Waals surface area contributed by atoms with Gasteiger partial charge in [-0.05, 0) is 18.4 Å². The summed E-state index contributed by atoms with van der Waals surface area (Å²) in [6.45, 7) is 2.93. The first-order valence-electron chi connectivity index (χ1n) is 3.60. The van der Waals surface area contributed by atoms with Crippen LogP contribution in [0.4, 0.5) is 0 Å². The van der Waals surface area contributed by atoms with Gasteiger partial charge >= 0.3 is 5.97 Å². The molecule has 0 saturated heterocycles. The second-order valence-corrected chi connectivity index (χ2v) is 3.31. The van der Waals surface area contributed by atoms with Gasteiger partial charge in [0.15, 0.2) is 0 Å². The monoisotopic (exact) mass is 199 g/mol. The smallest absolute Gasteiger partial charge is 0.331 e. The van der Waals surface area contributed by atoms with Crippen LogP contribution in [0.3, 0.4) is 0 Å². The van der Waals surface area contributed by atoms with Crippen molar-refractivity contribution in [2.45, 2.75) is 13.8 Å². The first-order valence-corrected chi connectivity index (χ1v) is 4.48. The lowest BCUT2D eigenvalue weighted by Crippen LogP contribution is -1.97. The third-order valence-electron chi connectivity index (χ3n) is 1.28. The van der Waals surface area contributed by atoms with Crippen molar-refractivity contribution in [1.29, 1.82) is 0 Å². The summed E-state index contributed by atoms with van der Waals surface area (Å²) in [5.74, 6) is -0.325.